The van der Waals surface area contributed by atoms with Crippen LogP contribution in [0, 0.1) is 6.92 Å². The summed E-state index contributed by atoms with van der Waals surface area (Å²) in [6.45, 7) is 4.74. The van der Waals surface area contributed by atoms with Crippen LogP contribution in [0.3, 0.4) is 0 Å². The van der Waals surface area contributed by atoms with E-state index in [-0.39, 0.29) is 24.1 Å². The number of nitrogens with zero attached hydrogens (tertiary/aromatic N) is 1. The van der Waals surface area contributed by atoms with E-state index in [4.69, 9.17) is 23.7 Å². The summed E-state index contributed by atoms with van der Waals surface area (Å²) in [5, 5.41) is 10.7. The molecule has 0 aromatic heterocycles. The summed E-state index contributed by atoms with van der Waals surface area (Å²) in [6.07, 6.45) is 1.68. The fourth-order valence-corrected chi connectivity index (χ4v) is 3.82. The van der Waals surface area contributed by atoms with Crippen LogP contribution in [0.5, 0.6) is 23.0 Å². The summed E-state index contributed by atoms with van der Waals surface area (Å²) < 4.78 is 27.2. The SMILES string of the molecule is COCCN(CCOC)Cc1c(O)cc(C)c2c1O/C(=C/c1ccc3c(c1)OCO3)C2=O. The first-order chi connectivity index (χ1) is 15.5. The van der Waals surface area contributed by atoms with Crippen molar-refractivity contribution in [2.75, 3.05) is 47.3 Å². The van der Waals surface area contributed by atoms with E-state index in [0.29, 0.717) is 66.8 Å². The Morgan fingerprint density at radius 2 is 1.81 bits per heavy atom. The van der Waals surface area contributed by atoms with Gasteiger partial charge in [0.15, 0.2) is 17.3 Å². The Bertz CT molecular complexity index is 1040. The second-order valence-corrected chi connectivity index (χ2v) is 7.71. The number of hydrogen-bond donors (Lipinski definition) is 1. The van der Waals surface area contributed by atoms with Crippen molar-refractivity contribution < 1.29 is 33.6 Å². The van der Waals surface area contributed by atoms with Gasteiger partial charge in [-0.2, -0.15) is 0 Å². The van der Waals surface area contributed by atoms with Gasteiger partial charge in [-0.25, -0.2) is 0 Å². The smallest absolute Gasteiger partial charge is 0.232 e. The zero-order valence-corrected chi connectivity index (χ0v) is 18.5. The van der Waals surface area contributed by atoms with Crippen LogP contribution in [-0.2, 0) is 16.0 Å². The predicted octanol–water partition coefficient (Wildman–Crippen LogP) is 3.14. The number of ether oxygens (including phenoxy) is 5. The molecular formula is C24H27NO7. The number of benzene rings is 2. The number of carbonyl (C=O) groups is 1. The molecule has 0 bridgehead atoms. The lowest BCUT2D eigenvalue weighted by atomic mass is 9.99. The number of ketones is 1. The zero-order chi connectivity index (χ0) is 22.7. The topological polar surface area (TPSA) is 86.7 Å². The monoisotopic (exact) mass is 441 g/mol. The van der Waals surface area contributed by atoms with Gasteiger partial charge in [0.2, 0.25) is 12.6 Å². The molecule has 4 rings (SSSR count). The van der Waals surface area contributed by atoms with Crippen LogP contribution in [0.25, 0.3) is 6.08 Å². The van der Waals surface area contributed by atoms with E-state index in [1.165, 1.54) is 0 Å². The van der Waals surface area contributed by atoms with Gasteiger partial charge >= 0.3 is 0 Å². The average molecular weight is 441 g/mol. The van der Waals surface area contributed by atoms with Crippen molar-refractivity contribution in [3.05, 3.63) is 52.3 Å². The molecule has 0 atom stereocenters. The number of phenolic OH excluding ortho intramolecular Hbond substituents is 1. The van der Waals surface area contributed by atoms with Crippen molar-refractivity contribution in [2.24, 2.45) is 0 Å². The van der Waals surface area contributed by atoms with E-state index in [9.17, 15) is 9.90 Å². The maximum atomic E-state index is 13.2. The lowest BCUT2D eigenvalue weighted by Gasteiger charge is -2.23. The Labute approximate surface area is 186 Å². The Morgan fingerprint density at radius 3 is 2.53 bits per heavy atom. The molecule has 2 aliphatic rings. The van der Waals surface area contributed by atoms with Crippen LogP contribution < -0.4 is 14.2 Å². The van der Waals surface area contributed by atoms with Gasteiger partial charge in [-0.05, 0) is 42.3 Å². The molecule has 0 unspecified atom stereocenters. The predicted molar refractivity (Wildman–Crippen MR) is 117 cm³/mol. The number of allylic oxidation sites excluding steroid dienone is 1. The van der Waals surface area contributed by atoms with E-state index in [2.05, 4.69) is 4.90 Å². The van der Waals surface area contributed by atoms with Crippen molar-refractivity contribution >= 4 is 11.9 Å². The summed E-state index contributed by atoms with van der Waals surface area (Å²) in [7, 11) is 3.29. The highest BCUT2D eigenvalue weighted by Crippen LogP contribution is 2.42. The average Bonchev–Trinajstić information content (AvgIpc) is 3.37. The summed E-state index contributed by atoms with van der Waals surface area (Å²) >= 11 is 0. The number of phenols is 1. The molecule has 2 aliphatic heterocycles. The number of hydrogen-bond acceptors (Lipinski definition) is 8. The highest BCUT2D eigenvalue weighted by Gasteiger charge is 2.33. The molecule has 1 N–H and O–H groups in total. The molecule has 32 heavy (non-hydrogen) atoms. The Hall–Kier alpha value is -3.07. The largest absolute Gasteiger partial charge is 0.507 e. The van der Waals surface area contributed by atoms with Crippen molar-refractivity contribution in [3.63, 3.8) is 0 Å². The number of rotatable bonds is 9. The second kappa shape index (κ2) is 9.60. The summed E-state index contributed by atoms with van der Waals surface area (Å²) in [5.74, 6) is 1.79. The van der Waals surface area contributed by atoms with Gasteiger partial charge < -0.3 is 28.8 Å². The van der Waals surface area contributed by atoms with Crippen LogP contribution in [0.15, 0.2) is 30.0 Å². The molecule has 0 radical (unpaired) electrons. The molecule has 0 aliphatic carbocycles. The van der Waals surface area contributed by atoms with Crippen molar-refractivity contribution in [1.29, 1.82) is 0 Å². The molecular weight excluding hydrogens is 414 g/mol. The first kappa shape index (κ1) is 22.1. The molecule has 0 spiro atoms. The number of fused-ring (bicyclic) bond motifs is 2. The van der Waals surface area contributed by atoms with Crippen molar-refractivity contribution in [1.82, 2.24) is 4.90 Å². The van der Waals surface area contributed by atoms with Gasteiger partial charge in [0, 0.05) is 33.9 Å². The molecule has 170 valence electrons. The highest BCUT2D eigenvalue weighted by atomic mass is 16.7. The van der Waals surface area contributed by atoms with E-state index in [1.54, 1.807) is 45.4 Å². The second-order valence-electron chi connectivity index (χ2n) is 7.71. The quantitative estimate of drug-likeness (QED) is 0.594. The Kier molecular flexibility index (Phi) is 6.64. The summed E-state index contributed by atoms with van der Waals surface area (Å²) in [6, 6.07) is 7.05. The molecule has 0 amide bonds. The van der Waals surface area contributed by atoms with Crippen molar-refractivity contribution in [2.45, 2.75) is 13.5 Å². The fraction of sp³-hybridized carbons (Fsp3) is 0.375. The van der Waals surface area contributed by atoms with Gasteiger partial charge in [0.1, 0.15) is 11.5 Å². The first-order valence-corrected chi connectivity index (χ1v) is 10.4. The van der Waals surface area contributed by atoms with Crippen molar-refractivity contribution in [3.8, 4) is 23.0 Å². The van der Waals surface area contributed by atoms with E-state index in [1.807, 2.05) is 6.07 Å². The van der Waals surface area contributed by atoms with E-state index >= 15 is 0 Å². The molecule has 2 aromatic rings. The van der Waals surface area contributed by atoms with Gasteiger partial charge in [-0.15, -0.1) is 0 Å². The number of aryl methyl sites for hydroxylation is 1. The van der Waals surface area contributed by atoms with Gasteiger partial charge in [-0.3, -0.25) is 9.69 Å². The van der Waals surface area contributed by atoms with Crippen LogP contribution in [0.1, 0.15) is 27.0 Å². The minimum Gasteiger partial charge on any atom is -0.507 e. The standard InChI is InChI=1S/C24H27NO7/c1-15-10-18(26)17(13-25(6-8-28-2)7-9-29-3)24-22(15)23(27)21(32-24)12-16-4-5-19-20(11-16)31-14-30-19/h4-5,10-12,26H,6-9,13-14H2,1-3H3/b21-12+. The maximum Gasteiger partial charge on any atom is 0.232 e. The molecule has 0 fully saturated rings. The third-order valence-corrected chi connectivity index (χ3v) is 5.52. The molecule has 2 heterocycles. The lowest BCUT2D eigenvalue weighted by Crippen LogP contribution is -2.30. The maximum absolute atomic E-state index is 13.2. The molecule has 2 aromatic carbocycles. The highest BCUT2D eigenvalue weighted by molar-refractivity contribution is 6.15. The van der Waals surface area contributed by atoms with Crippen LogP contribution in [0.4, 0.5) is 0 Å². The number of Topliss-reactive ketones (excluding diaryl/α,β-unsaturated/α-hetero) is 1. The third kappa shape index (κ3) is 4.43. The van der Waals surface area contributed by atoms with E-state index in [0.717, 1.165) is 5.56 Å². The first-order valence-electron chi connectivity index (χ1n) is 10.4. The van der Waals surface area contributed by atoms with Gasteiger partial charge in [-0.1, -0.05) is 6.07 Å². The lowest BCUT2D eigenvalue weighted by molar-refractivity contribution is 0.101. The number of aromatic hydroxyl groups is 1. The van der Waals surface area contributed by atoms with Crippen LogP contribution in [-0.4, -0.2) is 63.1 Å². The van der Waals surface area contributed by atoms with Gasteiger partial charge in [0.25, 0.3) is 0 Å². The Morgan fingerprint density at radius 1 is 1.09 bits per heavy atom. The molecule has 8 heteroatoms. The molecule has 0 saturated heterocycles. The van der Waals surface area contributed by atoms with Crippen LogP contribution >= 0.6 is 0 Å². The zero-order valence-electron chi connectivity index (χ0n) is 18.5. The normalized spacial score (nSPS) is 15.5. The van der Waals surface area contributed by atoms with Gasteiger partial charge in [0.05, 0.1) is 24.3 Å². The third-order valence-electron chi connectivity index (χ3n) is 5.52. The fourth-order valence-electron chi connectivity index (χ4n) is 3.82. The minimum atomic E-state index is -0.211. The summed E-state index contributed by atoms with van der Waals surface area (Å²) in [5.41, 5.74) is 2.47. The number of carbonyl (C=O) groups excluding carboxylic acids is 1. The summed E-state index contributed by atoms with van der Waals surface area (Å²) in [4.78, 5) is 15.3. The Balaban J connectivity index is 1.64. The molecule has 0 saturated carbocycles. The van der Waals surface area contributed by atoms with Crippen LogP contribution in [0.2, 0.25) is 0 Å². The minimum absolute atomic E-state index is 0.0956. The van der Waals surface area contributed by atoms with E-state index < -0.39 is 0 Å². The number of methoxy groups -OCH3 is 2. The molecule has 8 nitrogen and oxygen atoms in total.